The van der Waals surface area contributed by atoms with Crippen molar-refractivity contribution in [2.75, 3.05) is 5.32 Å². The van der Waals surface area contributed by atoms with E-state index in [0.29, 0.717) is 0 Å². The number of nitrogens with one attached hydrogen (secondary N) is 2. The van der Waals surface area contributed by atoms with E-state index in [2.05, 4.69) is 44.5 Å². The maximum Gasteiger partial charge on any atom is 0.0924 e. The highest BCUT2D eigenvalue weighted by atomic mass is 14.9. The summed E-state index contributed by atoms with van der Waals surface area (Å²) in [5.74, 6) is 0. The second-order valence-electron chi connectivity index (χ2n) is 4.22. The molecule has 0 aliphatic heterocycles. The molecule has 3 aromatic rings. The molecule has 19 heavy (non-hydrogen) atoms. The van der Waals surface area contributed by atoms with Crippen LogP contribution in [0.15, 0.2) is 61.2 Å². The van der Waals surface area contributed by atoms with Crippen LogP contribution in [0.3, 0.4) is 0 Å². The number of pyridine rings is 1. The molecule has 0 bridgehead atoms. The van der Waals surface area contributed by atoms with Gasteiger partial charge in [0.2, 0.25) is 0 Å². The predicted octanol–water partition coefficient (Wildman–Crippen LogP) is 3.08. The van der Waals surface area contributed by atoms with Gasteiger partial charge in [0, 0.05) is 11.9 Å². The summed E-state index contributed by atoms with van der Waals surface area (Å²) in [6.07, 6.45) is 5.30. The number of nitrogens with zero attached hydrogens (tertiary/aromatic N) is 2. The molecule has 0 aliphatic carbocycles. The van der Waals surface area contributed by atoms with E-state index in [1.807, 2.05) is 24.4 Å². The first-order valence-electron chi connectivity index (χ1n) is 6.14. The zero-order valence-corrected chi connectivity index (χ0v) is 10.4. The molecule has 4 heteroatoms. The van der Waals surface area contributed by atoms with Crippen molar-refractivity contribution in [2.24, 2.45) is 0 Å². The van der Waals surface area contributed by atoms with E-state index < -0.39 is 0 Å². The van der Waals surface area contributed by atoms with Crippen LogP contribution in [0, 0.1) is 0 Å². The van der Waals surface area contributed by atoms with Crippen molar-refractivity contribution in [3.63, 3.8) is 0 Å². The van der Waals surface area contributed by atoms with E-state index >= 15 is 0 Å². The van der Waals surface area contributed by atoms with E-state index in [4.69, 9.17) is 0 Å². The van der Waals surface area contributed by atoms with Crippen molar-refractivity contribution in [3.05, 3.63) is 66.9 Å². The Kier molecular flexibility index (Phi) is 3.23. The zero-order chi connectivity index (χ0) is 12.9. The smallest absolute Gasteiger partial charge is 0.0924 e. The molecule has 2 heterocycles. The lowest BCUT2D eigenvalue weighted by Crippen LogP contribution is -2.00. The maximum atomic E-state index is 4.28. The second kappa shape index (κ2) is 5.35. The van der Waals surface area contributed by atoms with E-state index in [9.17, 15) is 0 Å². The van der Waals surface area contributed by atoms with Gasteiger partial charge >= 0.3 is 0 Å². The number of rotatable bonds is 4. The van der Waals surface area contributed by atoms with Crippen molar-refractivity contribution >= 4 is 5.69 Å². The third-order valence-electron chi connectivity index (χ3n) is 2.89. The topological polar surface area (TPSA) is 53.6 Å². The molecule has 0 spiro atoms. The van der Waals surface area contributed by atoms with Crippen LogP contribution in [-0.2, 0) is 6.54 Å². The van der Waals surface area contributed by atoms with Crippen molar-refractivity contribution in [2.45, 2.75) is 6.54 Å². The lowest BCUT2D eigenvalue weighted by molar-refractivity contribution is 1.05. The number of imidazole rings is 1. The van der Waals surface area contributed by atoms with Gasteiger partial charge in [0.05, 0.1) is 30.5 Å². The van der Waals surface area contributed by atoms with Gasteiger partial charge in [-0.1, -0.05) is 18.2 Å². The minimum Gasteiger partial charge on any atom is -0.379 e. The first-order valence-corrected chi connectivity index (χ1v) is 6.14. The SMILES string of the molecule is c1ccc(CNc2ccc(-c3cnc[nH]3)cc2)nc1. The summed E-state index contributed by atoms with van der Waals surface area (Å²) < 4.78 is 0. The van der Waals surface area contributed by atoms with Crippen LogP contribution in [0.25, 0.3) is 11.3 Å². The molecule has 0 unspecified atom stereocenters. The predicted molar refractivity (Wildman–Crippen MR) is 75.6 cm³/mol. The monoisotopic (exact) mass is 250 g/mol. The Morgan fingerprint density at radius 1 is 1.05 bits per heavy atom. The molecule has 4 nitrogen and oxygen atoms in total. The van der Waals surface area contributed by atoms with Gasteiger partial charge in [-0.25, -0.2) is 4.98 Å². The highest BCUT2D eigenvalue weighted by molar-refractivity contribution is 5.61. The Bertz CT molecular complexity index is 615. The molecule has 2 aromatic heterocycles. The average molecular weight is 250 g/mol. The Morgan fingerprint density at radius 3 is 2.63 bits per heavy atom. The number of hydrogen-bond donors (Lipinski definition) is 2. The number of H-pyrrole nitrogens is 1. The molecule has 3 rings (SSSR count). The molecule has 94 valence electrons. The normalized spacial score (nSPS) is 10.3. The highest BCUT2D eigenvalue weighted by Gasteiger charge is 1.99. The first-order chi connectivity index (χ1) is 9.42. The number of aromatic amines is 1. The fraction of sp³-hybridized carbons (Fsp3) is 0.0667. The van der Waals surface area contributed by atoms with Crippen molar-refractivity contribution < 1.29 is 0 Å². The molecule has 0 aliphatic rings. The molecule has 1 aromatic carbocycles. The van der Waals surface area contributed by atoms with E-state index in [1.54, 1.807) is 12.5 Å². The van der Waals surface area contributed by atoms with Crippen LogP contribution in [-0.4, -0.2) is 15.0 Å². The third kappa shape index (κ3) is 2.80. The van der Waals surface area contributed by atoms with Gasteiger partial charge in [0.15, 0.2) is 0 Å². The molecule has 2 N–H and O–H groups in total. The highest BCUT2D eigenvalue weighted by Crippen LogP contribution is 2.18. The Labute approximate surface area is 111 Å². The number of aromatic nitrogens is 3. The molecule has 0 saturated heterocycles. The number of hydrogen-bond acceptors (Lipinski definition) is 3. The van der Waals surface area contributed by atoms with Crippen molar-refractivity contribution in [1.82, 2.24) is 15.0 Å². The third-order valence-corrected chi connectivity index (χ3v) is 2.89. The average Bonchev–Trinajstić information content (AvgIpc) is 3.01. The summed E-state index contributed by atoms with van der Waals surface area (Å²) in [5, 5.41) is 3.35. The van der Waals surface area contributed by atoms with E-state index in [-0.39, 0.29) is 0 Å². The van der Waals surface area contributed by atoms with Gasteiger partial charge in [-0.05, 0) is 29.8 Å². The molecular formula is C15H14N4. The standard InChI is InChI=1S/C15H14N4/c1-2-8-17-14(3-1)9-18-13-6-4-12(5-7-13)15-10-16-11-19-15/h1-8,10-11,18H,9H2,(H,16,19). The Morgan fingerprint density at radius 2 is 1.95 bits per heavy atom. The minimum atomic E-state index is 0.726. The van der Waals surface area contributed by atoms with E-state index in [1.165, 1.54) is 0 Å². The van der Waals surface area contributed by atoms with Gasteiger partial charge in [0.25, 0.3) is 0 Å². The minimum absolute atomic E-state index is 0.726. The molecule has 0 atom stereocenters. The van der Waals surface area contributed by atoms with Crippen LogP contribution in [0.2, 0.25) is 0 Å². The number of anilines is 1. The molecule has 0 radical (unpaired) electrons. The van der Waals surface area contributed by atoms with Crippen LogP contribution in [0.1, 0.15) is 5.69 Å². The van der Waals surface area contributed by atoms with Crippen molar-refractivity contribution in [1.29, 1.82) is 0 Å². The summed E-state index contributed by atoms with van der Waals surface area (Å²) in [6.45, 7) is 0.726. The van der Waals surface area contributed by atoms with Gasteiger partial charge in [-0.3, -0.25) is 4.98 Å². The quantitative estimate of drug-likeness (QED) is 0.748. The fourth-order valence-corrected chi connectivity index (χ4v) is 1.88. The lowest BCUT2D eigenvalue weighted by Gasteiger charge is -2.06. The Balaban J connectivity index is 1.67. The molecule has 0 fully saturated rings. The van der Waals surface area contributed by atoms with Gasteiger partial charge in [-0.2, -0.15) is 0 Å². The summed E-state index contributed by atoms with van der Waals surface area (Å²) in [5.41, 5.74) is 4.26. The molecule has 0 saturated carbocycles. The summed E-state index contributed by atoms with van der Waals surface area (Å²) in [7, 11) is 0. The van der Waals surface area contributed by atoms with Crippen molar-refractivity contribution in [3.8, 4) is 11.3 Å². The zero-order valence-electron chi connectivity index (χ0n) is 10.4. The first kappa shape index (κ1) is 11.5. The second-order valence-corrected chi connectivity index (χ2v) is 4.22. The summed E-state index contributed by atoms with van der Waals surface area (Å²) in [6, 6.07) is 14.2. The molecular weight excluding hydrogens is 236 g/mol. The van der Waals surface area contributed by atoms with Gasteiger partial charge in [-0.15, -0.1) is 0 Å². The Hall–Kier alpha value is -2.62. The summed E-state index contributed by atoms with van der Waals surface area (Å²) in [4.78, 5) is 11.4. The van der Waals surface area contributed by atoms with Crippen LogP contribution in [0.5, 0.6) is 0 Å². The summed E-state index contributed by atoms with van der Waals surface area (Å²) >= 11 is 0. The maximum absolute atomic E-state index is 4.28. The lowest BCUT2D eigenvalue weighted by atomic mass is 10.1. The number of benzene rings is 1. The van der Waals surface area contributed by atoms with Gasteiger partial charge in [0.1, 0.15) is 0 Å². The largest absolute Gasteiger partial charge is 0.379 e. The van der Waals surface area contributed by atoms with Crippen LogP contribution in [0.4, 0.5) is 5.69 Å². The van der Waals surface area contributed by atoms with Crippen LogP contribution < -0.4 is 5.32 Å². The van der Waals surface area contributed by atoms with Gasteiger partial charge < -0.3 is 10.3 Å². The van der Waals surface area contributed by atoms with Crippen LogP contribution >= 0.6 is 0 Å². The molecule has 0 amide bonds. The fourth-order valence-electron chi connectivity index (χ4n) is 1.88. The van der Waals surface area contributed by atoms with E-state index in [0.717, 1.165) is 29.2 Å².